The maximum Gasteiger partial charge on any atom is 0.242 e. The molecule has 1 saturated heterocycles. The Bertz CT molecular complexity index is 893. The molecule has 0 atom stereocenters. The Labute approximate surface area is 146 Å². The van der Waals surface area contributed by atoms with Crippen molar-refractivity contribution in [1.29, 1.82) is 0 Å². The van der Waals surface area contributed by atoms with E-state index >= 15 is 0 Å². The monoisotopic (exact) mass is 335 g/mol. The molecule has 2 aromatic carbocycles. The number of aryl methyl sites for hydroxylation is 1. The van der Waals surface area contributed by atoms with Crippen molar-refractivity contribution in [3.8, 4) is 11.4 Å². The second-order valence-corrected chi connectivity index (χ2v) is 6.37. The number of rotatable bonds is 3. The smallest absolute Gasteiger partial charge is 0.242 e. The van der Waals surface area contributed by atoms with E-state index in [4.69, 9.17) is 9.72 Å². The molecule has 5 nitrogen and oxygen atoms in total. The molecular formula is C20H21N3O2. The molecule has 1 fully saturated rings. The van der Waals surface area contributed by atoms with Gasteiger partial charge in [0, 0.05) is 18.7 Å². The summed E-state index contributed by atoms with van der Waals surface area (Å²) in [5, 5.41) is 0. The number of imidazole rings is 1. The minimum Gasteiger partial charge on any atom is -0.378 e. The molecule has 2 heterocycles. The zero-order chi connectivity index (χ0) is 17.2. The first-order valence-electron chi connectivity index (χ1n) is 8.60. The molecule has 1 aliphatic heterocycles. The minimum absolute atomic E-state index is 0.111. The van der Waals surface area contributed by atoms with Crippen LogP contribution in [0.15, 0.2) is 48.5 Å². The van der Waals surface area contributed by atoms with E-state index in [1.807, 2.05) is 33.7 Å². The van der Waals surface area contributed by atoms with Crippen LogP contribution in [0.5, 0.6) is 0 Å². The van der Waals surface area contributed by atoms with Crippen LogP contribution in [0, 0.1) is 6.92 Å². The second-order valence-electron chi connectivity index (χ2n) is 6.37. The lowest BCUT2D eigenvalue weighted by molar-refractivity contribution is -0.135. The van der Waals surface area contributed by atoms with E-state index in [-0.39, 0.29) is 5.91 Å². The zero-order valence-corrected chi connectivity index (χ0v) is 14.3. The number of hydrogen-bond acceptors (Lipinski definition) is 3. The van der Waals surface area contributed by atoms with E-state index in [9.17, 15) is 4.79 Å². The maximum absolute atomic E-state index is 12.8. The first kappa shape index (κ1) is 15.8. The fraction of sp³-hybridized carbons (Fsp3) is 0.300. The van der Waals surface area contributed by atoms with Crippen molar-refractivity contribution in [2.24, 2.45) is 0 Å². The van der Waals surface area contributed by atoms with Crippen molar-refractivity contribution in [3.05, 3.63) is 54.1 Å². The molecule has 4 rings (SSSR count). The van der Waals surface area contributed by atoms with Crippen LogP contribution in [-0.4, -0.2) is 46.7 Å². The highest BCUT2D eigenvalue weighted by Gasteiger charge is 2.20. The van der Waals surface area contributed by atoms with Gasteiger partial charge in [-0.15, -0.1) is 0 Å². The highest BCUT2D eigenvalue weighted by Crippen LogP contribution is 2.25. The molecule has 1 aromatic heterocycles. The number of carbonyl (C=O) groups excluding carboxylic acids is 1. The number of nitrogens with zero attached hydrogens (tertiary/aromatic N) is 3. The molecular weight excluding hydrogens is 314 g/mol. The molecule has 3 aromatic rings. The normalized spacial score (nSPS) is 14.8. The molecule has 128 valence electrons. The number of ether oxygens (including phenoxy) is 1. The summed E-state index contributed by atoms with van der Waals surface area (Å²) in [7, 11) is 0. The number of hydrogen-bond donors (Lipinski definition) is 0. The summed E-state index contributed by atoms with van der Waals surface area (Å²) in [6, 6.07) is 16.2. The van der Waals surface area contributed by atoms with Crippen molar-refractivity contribution in [3.63, 3.8) is 0 Å². The quantitative estimate of drug-likeness (QED) is 0.739. The number of fused-ring (bicyclic) bond motifs is 1. The van der Waals surface area contributed by atoms with E-state index in [0.717, 1.165) is 22.4 Å². The summed E-state index contributed by atoms with van der Waals surface area (Å²) in [4.78, 5) is 19.4. The van der Waals surface area contributed by atoms with Gasteiger partial charge in [-0.3, -0.25) is 4.79 Å². The Kier molecular flexibility index (Phi) is 4.24. The molecule has 0 unspecified atom stereocenters. The van der Waals surface area contributed by atoms with Crippen LogP contribution < -0.4 is 0 Å². The third-order valence-corrected chi connectivity index (χ3v) is 4.62. The van der Waals surface area contributed by atoms with Gasteiger partial charge in [0.25, 0.3) is 0 Å². The van der Waals surface area contributed by atoms with Gasteiger partial charge in [-0.2, -0.15) is 0 Å². The van der Waals surface area contributed by atoms with Crippen molar-refractivity contribution in [2.45, 2.75) is 13.5 Å². The lowest BCUT2D eigenvalue weighted by atomic mass is 10.1. The van der Waals surface area contributed by atoms with Crippen LogP contribution in [0.2, 0.25) is 0 Å². The highest BCUT2D eigenvalue weighted by atomic mass is 16.5. The number of aromatic nitrogens is 2. The number of benzene rings is 2. The fourth-order valence-corrected chi connectivity index (χ4v) is 3.21. The van der Waals surface area contributed by atoms with Crippen LogP contribution in [-0.2, 0) is 16.1 Å². The zero-order valence-electron chi connectivity index (χ0n) is 14.3. The SMILES string of the molecule is Cc1ccc(-c2nc3ccccc3n2CC(=O)N2CCOCC2)cc1. The standard InChI is InChI=1S/C20H21N3O2/c1-15-6-8-16(9-7-15)20-21-17-4-2-3-5-18(17)23(20)14-19(24)22-10-12-25-13-11-22/h2-9H,10-14H2,1H3. The van der Waals surface area contributed by atoms with Crippen LogP contribution in [0.1, 0.15) is 5.56 Å². The van der Waals surface area contributed by atoms with Crippen LogP contribution in [0.3, 0.4) is 0 Å². The lowest BCUT2D eigenvalue weighted by Gasteiger charge is -2.27. The van der Waals surface area contributed by atoms with Crippen LogP contribution >= 0.6 is 0 Å². The molecule has 5 heteroatoms. The molecule has 1 aliphatic rings. The van der Waals surface area contributed by atoms with Gasteiger partial charge in [0.05, 0.1) is 24.2 Å². The summed E-state index contributed by atoms with van der Waals surface area (Å²) >= 11 is 0. The molecule has 0 spiro atoms. The van der Waals surface area contributed by atoms with Gasteiger partial charge in [0.15, 0.2) is 0 Å². The topological polar surface area (TPSA) is 47.4 Å². The highest BCUT2D eigenvalue weighted by molar-refractivity contribution is 5.84. The van der Waals surface area contributed by atoms with Gasteiger partial charge in [0.2, 0.25) is 5.91 Å². The van der Waals surface area contributed by atoms with Crippen molar-refractivity contribution < 1.29 is 9.53 Å². The van der Waals surface area contributed by atoms with E-state index in [1.54, 1.807) is 0 Å². The van der Waals surface area contributed by atoms with Crippen molar-refractivity contribution in [2.75, 3.05) is 26.3 Å². The van der Waals surface area contributed by atoms with E-state index in [1.165, 1.54) is 5.56 Å². The van der Waals surface area contributed by atoms with Gasteiger partial charge in [-0.25, -0.2) is 4.98 Å². The first-order valence-corrected chi connectivity index (χ1v) is 8.60. The first-order chi connectivity index (χ1) is 12.2. The van der Waals surface area contributed by atoms with Gasteiger partial charge in [-0.05, 0) is 19.1 Å². The van der Waals surface area contributed by atoms with Gasteiger partial charge in [0.1, 0.15) is 12.4 Å². The number of para-hydroxylation sites is 2. The second kappa shape index (κ2) is 6.69. The van der Waals surface area contributed by atoms with Crippen molar-refractivity contribution in [1.82, 2.24) is 14.5 Å². The predicted molar refractivity (Wildman–Crippen MR) is 97.3 cm³/mol. The Morgan fingerprint density at radius 1 is 1.08 bits per heavy atom. The van der Waals surface area contributed by atoms with Crippen LogP contribution in [0.4, 0.5) is 0 Å². The summed E-state index contributed by atoms with van der Waals surface area (Å²) in [6.45, 7) is 4.90. The average Bonchev–Trinajstić information content (AvgIpc) is 3.02. The van der Waals surface area contributed by atoms with Crippen molar-refractivity contribution >= 4 is 16.9 Å². The molecule has 0 radical (unpaired) electrons. The Morgan fingerprint density at radius 3 is 2.56 bits per heavy atom. The maximum atomic E-state index is 12.8. The third-order valence-electron chi connectivity index (χ3n) is 4.62. The molecule has 0 N–H and O–H groups in total. The van der Waals surface area contributed by atoms with Gasteiger partial charge < -0.3 is 14.2 Å². The predicted octanol–water partition coefficient (Wildman–Crippen LogP) is 2.87. The molecule has 0 aliphatic carbocycles. The van der Waals surface area contributed by atoms with Gasteiger partial charge in [-0.1, -0.05) is 42.0 Å². The fourth-order valence-electron chi connectivity index (χ4n) is 3.21. The number of carbonyl (C=O) groups is 1. The minimum atomic E-state index is 0.111. The van der Waals surface area contributed by atoms with E-state index in [2.05, 4.69) is 31.2 Å². The summed E-state index contributed by atoms with van der Waals surface area (Å²) in [5.74, 6) is 0.947. The molecule has 0 saturated carbocycles. The van der Waals surface area contributed by atoms with Crippen LogP contribution in [0.25, 0.3) is 22.4 Å². The molecule has 25 heavy (non-hydrogen) atoms. The Morgan fingerprint density at radius 2 is 1.80 bits per heavy atom. The summed E-state index contributed by atoms with van der Waals surface area (Å²) < 4.78 is 7.37. The Hall–Kier alpha value is -2.66. The molecule has 0 bridgehead atoms. The van der Waals surface area contributed by atoms with Gasteiger partial charge >= 0.3 is 0 Å². The Balaban J connectivity index is 1.74. The van der Waals surface area contributed by atoms with E-state index in [0.29, 0.717) is 32.8 Å². The average molecular weight is 335 g/mol. The summed E-state index contributed by atoms with van der Waals surface area (Å²) in [6.07, 6.45) is 0. The largest absolute Gasteiger partial charge is 0.378 e. The number of amides is 1. The summed E-state index contributed by atoms with van der Waals surface area (Å²) in [5.41, 5.74) is 4.12. The third kappa shape index (κ3) is 3.15. The van der Waals surface area contributed by atoms with E-state index < -0.39 is 0 Å². The molecule has 1 amide bonds. The number of morpholine rings is 1. The lowest BCUT2D eigenvalue weighted by Crippen LogP contribution is -2.42.